The lowest BCUT2D eigenvalue weighted by atomic mass is 10.1. The molecule has 0 spiro atoms. The summed E-state index contributed by atoms with van der Waals surface area (Å²) in [5.41, 5.74) is 0. The molecule has 348 valence electrons. The largest absolute Gasteiger partial charge is 0.472 e. The Hall–Kier alpha value is -3.11. The van der Waals surface area contributed by atoms with Gasteiger partial charge in [0.1, 0.15) is 12.7 Å². The molecule has 0 radical (unpaired) electrons. The molecule has 0 aromatic rings. The van der Waals surface area contributed by atoms with Gasteiger partial charge in [0, 0.05) is 12.8 Å². The molecule has 0 aromatic heterocycles. The number of carbonyl (C=O) groups excluding carboxylic acids is 2. The Balaban J connectivity index is 4.39. The number of ether oxygens (including phenoxy) is 2. The molecule has 10 nitrogen and oxygen atoms in total. The zero-order valence-electron chi connectivity index (χ0n) is 37.8. The zero-order valence-corrected chi connectivity index (χ0v) is 38.7. The zero-order chi connectivity index (χ0) is 44.8. The summed E-state index contributed by atoms with van der Waals surface area (Å²) in [5.74, 6) is -1.03. The minimum Gasteiger partial charge on any atom is -0.462 e. The molecule has 0 rings (SSSR count). The fraction of sp³-hybridized carbons (Fsp3) is 0.640. The highest BCUT2D eigenvalue weighted by Crippen LogP contribution is 2.43. The van der Waals surface area contributed by atoms with Gasteiger partial charge in [-0.15, -0.1) is 0 Å². The maximum Gasteiger partial charge on any atom is 0.472 e. The molecule has 0 amide bonds. The van der Waals surface area contributed by atoms with E-state index < -0.39 is 51.8 Å². The van der Waals surface area contributed by atoms with Crippen molar-refractivity contribution < 1.29 is 47.8 Å². The van der Waals surface area contributed by atoms with Crippen LogP contribution in [0.15, 0.2) is 97.2 Å². The molecule has 3 N–H and O–H groups in total. The summed E-state index contributed by atoms with van der Waals surface area (Å²) in [7, 11) is -4.64. The van der Waals surface area contributed by atoms with Gasteiger partial charge in [-0.25, -0.2) is 4.57 Å². The van der Waals surface area contributed by atoms with E-state index in [-0.39, 0.29) is 19.4 Å². The summed E-state index contributed by atoms with van der Waals surface area (Å²) in [4.78, 5) is 35.0. The summed E-state index contributed by atoms with van der Waals surface area (Å²) < 4.78 is 32.7. The second-order valence-corrected chi connectivity index (χ2v) is 16.5. The maximum atomic E-state index is 12.6. The molecule has 0 fully saturated rings. The van der Waals surface area contributed by atoms with Gasteiger partial charge in [-0.3, -0.25) is 18.6 Å². The number of aliphatic hydroxyl groups is 2. The first-order chi connectivity index (χ1) is 29.7. The van der Waals surface area contributed by atoms with Crippen LogP contribution in [0.5, 0.6) is 0 Å². The third-order valence-electron chi connectivity index (χ3n) is 9.24. The van der Waals surface area contributed by atoms with Gasteiger partial charge in [-0.05, 0) is 83.5 Å². The van der Waals surface area contributed by atoms with Crippen molar-refractivity contribution in [3.63, 3.8) is 0 Å². The van der Waals surface area contributed by atoms with Gasteiger partial charge in [0.25, 0.3) is 0 Å². The first kappa shape index (κ1) is 57.9. The number of hydrogen-bond acceptors (Lipinski definition) is 9. The number of hydrogen-bond donors (Lipinski definition) is 3. The molecule has 0 saturated heterocycles. The summed E-state index contributed by atoms with van der Waals surface area (Å²) in [6, 6.07) is 0. The molecule has 0 saturated carbocycles. The van der Waals surface area contributed by atoms with Crippen LogP contribution in [0, 0.1) is 0 Å². The van der Waals surface area contributed by atoms with Crippen LogP contribution in [-0.4, -0.2) is 65.7 Å². The molecule has 61 heavy (non-hydrogen) atoms. The number of allylic oxidation sites excluding steroid dienone is 16. The van der Waals surface area contributed by atoms with E-state index in [1.165, 1.54) is 57.8 Å². The number of carbonyl (C=O) groups is 2. The Morgan fingerprint density at radius 1 is 0.508 bits per heavy atom. The summed E-state index contributed by atoms with van der Waals surface area (Å²) in [6.07, 6.45) is 55.2. The van der Waals surface area contributed by atoms with Crippen LogP contribution < -0.4 is 0 Å². The van der Waals surface area contributed by atoms with E-state index in [9.17, 15) is 24.2 Å². The summed E-state index contributed by atoms with van der Waals surface area (Å²) in [6.45, 7) is 2.14. The Labute approximate surface area is 370 Å². The molecule has 0 aliphatic carbocycles. The number of unbranched alkanes of at least 4 members (excludes halogenated alkanes) is 12. The highest BCUT2D eigenvalue weighted by Gasteiger charge is 2.27. The van der Waals surface area contributed by atoms with Crippen molar-refractivity contribution in [3.05, 3.63) is 97.2 Å². The van der Waals surface area contributed by atoms with E-state index >= 15 is 0 Å². The van der Waals surface area contributed by atoms with Crippen LogP contribution in [0.3, 0.4) is 0 Å². The second-order valence-electron chi connectivity index (χ2n) is 15.0. The maximum absolute atomic E-state index is 12.6. The van der Waals surface area contributed by atoms with Gasteiger partial charge in [-0.1, -0.05) is 169 Å². The predicted molar refractivity (Wildman–Crippen MR) is 251 cm³/mol. The van der Waals surface area contributed by atoms with Gasteiger partial charge in [-0.2, -0.15) is 0 Å². The normalized spacial score (nSPS) is 14.6. The van der Waals surface area contributed by atoms with Gasteiger partial charge in [0.2, 0.25) is 0 Å². The Morgan fingerprint density at radius 3 is 1.43 bits per heavy atom. The van der Waals surface area contributed by atoms with Gasteiger partial charge < -0.3 is 24.6 Å². The Morgan fingerprint density at radius 2 is 0.934 bits per heavy atom. The van der Waals surface area contributed by atoms with E-state index in [0.29, 0.717) is 12.8 Å². The number of phosphoric acid groups is 1. The van der Waals surface area contributed by atoms with E-state index in [2.05, 4.69) is 103 Å². The SMILES string of the molecule is CC/C=C/C/C=C/C/C=C/C/C=C/C/C=C/C/C=C/CCC(=O)OC[C@H](COP(=O)(O)OC[C@@H](O)CO)OC(=O)CCCCCCCCCCC/C=C/C/C=C/CCCCC. The fourth-order valence-corrected chi connectivity index (χ4v) is 6.48. The molecular formula is C50H83O10P. The molecule has 1 unspecified atom stereocenters. The summed E-state index contributed by atoms with van der Waals surface area (Å²) in [5, 5.41) is 18.4. The van der Waals surface area contributed by atoms with Crippen LogP contribution in [0.4, 0.5) is 0 Å². The van der Waals surface area contributed by atoms with E-state index in [1.54, 1.807) is 0 Å². The lowest BCUT2D eigenvalue weighted by molar-refractivity contribution is -0.161. The van der Waals surface area contributed by atoms with Gasteiger partial charge in [0.05, 0.1) is 19.8 Å². The number of esters is 2. The average molecular weight is 875 g/mol. The third kappa shape index (κ3) is 44.7. The molecular weight excluding hydrogens is 792 g/mol. The molecule has 0 aliphatic heterocycles. The molecule has 0 aromatic carbocycles. The van der Waals surface area contributed by atoms with E-state index in [0.717, 1.165) is 70.6 Å². The lowest BCUT2D eigenvalue weighted by Crippen LogP contribution is -2.29. The van der Waals surface area contributed by atoms with Crippen LogP contribution in [0.1, 0.15) is 168 Å². The van der Waals surface area contributed by atoms with Crippen molar-refractivity contribution in [2.24, 2.45) is 0 Å². The minimum absolute atomic E-state index is 0.110. The number of aliphatic hydroxyl groups excluding tert-OH is 2. The molecule has 0 bridgehead atoms. The highest BCUT2D eigenvalue weighted by molar-refractivity contribution is 7.47. The standard InChI is InChI=1S/C50H83O10P/c1-3-5-7-9-11-13-15-17-19-21-23-25-27-29-31-33-35-37-39-41-49(53)57-45-48(46-59-61(55,56)58-44-47(52)43-51)60-50(54)42-40-38-36-34-32-30-28-26-24-22-20-18-16-14-12-10-8-6-4-2/h5,7,11-14,17-20,23,25,29,31,35,37,47-48,51-52H,3-4,6,8-10,15-16,21-22,24,26-28,30,32-34,36,38-46H2,1-2H3,(H,55,56)/b7-5+,13-11+,14-12+,19-17+,20-18+,25-23+,31-29+,37-35+/t47-,48+/m0/s1. The molecule has 0 heterocycles. The molecule has 0 aliphatic rings. The van der Waals surface area contributed by atoms with E-state index in [1.807, 2.05) is 12.2 Å². The van der Waals surface area contributed by atoms with Crippen LogP contribution >= 0.6 is 7.82 Å². The second kappa shape index (κ2) is 44.9. The Bertz CT molecular complexity index is 1330. The topological polar surface area (TPSA) is 149 Å². The summed E-state index contributed by atoms with van der Waals surface area (Å²) >= 11 is 0. The van der Waals surface area contributed by atoms with Crippen molar-refractivity contribution >= 4 is 19.8 Å². The third-order valence-corrected chi connectivity index (χ3v) is 10.2. The molecule has 3 atom stereocenters. The van der Waals surface area contributed by atoms with Crippen LogP contribution in [0.2, 0.25) is 0 Å². The van der Waals surface area contributed by atoms with Crippen molar-refractivity contribution in [2.45, 2.75) is 180 Å². The lowest BCUT2D eigenvalue weighted by Gasteiger charge is -2.20. The van der Waals surface area contributed by atoms with Crippen molar-refractivity contribution in [3.8, 4) is 0 Å². The van der Waals surface area contributed by atoms with Crippen molar-refractivity contribution in [1.29, 1.82) is 0 Å². The smallest absolute Gasteiger partial charge is 0.462 e. The van der Waals surface area contributed by atoms with Gasteiger partial charge >= 0.3 is 19.8 Å². The number of rotatable bonds is 42. The first-order valence-corrected chi connectivity index (χ1v) is 24.7. The fourth-order valence-electron chi connectivity index (χ4n) is 5.70. The van der Waals surface area contributed by atoms with E-state index in [4.69, 9.17) is 19.1 Å². The Kier molecular flexibility index (Phi) is 42.6. The first-order valence-electron chi connectivity index (χ1n) is 23.2. The van der Waals surface area contributed by atoms with Crippen molar-refractivity contribution in [1.82, 2.24) is 0 Å². The molecule has 11 heteroatoms. The average Bonchev–Trinajstić information content (AvgIpc) is 3.25. The monoisotopic (exact) mass is 875 g/mol. The van der Waals surface area contributed by atoms with Crippen molar-refractivity contribution in [2.75, 3.05) is 26.4 Å². The predicted octanol–water partition coefficient (Wildman–Crippen LogP) is 12.8. The highest BCUT2D eigenvalue weighted by atomic mass is 31.2. The van der Waals surface area contributed by atoms with Gasteiger partial charge in [0.15, 0.2) is 6.10 Å². The van der Waals surface area contributed by atoms with Crippen LogP contribution in [0.25, 0.3) is 0 Å². The minimum atomic E-state index is -4.64. The van der Waals surface area contributed by atoms with Crippen LogP contribution in [-0.2, 0) is 32.7 Å². The quantitative estimate of drug-likeness (QED) is 0.0234. The number of phosphoric ester groups is 1.